The maximum absolute atomic E-state index is 13.5. The lowest BCUT2D eigenvalue weighted by molar-refractivity contribution is 0.00649. The molecule has 8 heteroatoms. The van der Waals surface area contributed by atoms with Crippen molar-refractivity contribution >= 4 is 17.5 Å². The van der Waals surface area contributed by atoms with Gasteiger partial charge in [0.2, 0.25) is 0 Å². The van der Waals surface area contributed by atoms with Crippen LogP contribution in [0.2, 0.25) is 0 Å². The molecule has 194 valence electrons. The first-order valence-electron chi connectivity index (χ1n) is 13.5. The van der Waals surface area contributed by atoms with Gasteiger partial charge in [-0.05, 0) is 54.4 Å². The Bertz CT molecular complexity index is 1590. The van der Waals surface area contributed by atoms with Crippen LogP contribution in [0, 0.1) is 17.2 Å². The fraction of sp³-hybridized carbons (Fsp3) is 0.323. The maximum atomic E-state index is 13.5. The number of hydrogen-bond donors (Lipinski definition) is 0. The number of piperidine rings is 2. The molecule has 1 aliphatic carbocycles. The lowest BCUT2D eigenvalue weighted by Gasteiger charge is -2.47. The first-order valence-corrected chi connectivity index (χ1v) is 13.5. The molecule has 0 saturated carbocycles. The van der Waals surface area contributed by atoms with E-state index >= 15 is 0 Å². The molecule has 0 N–H and O–H groups in total. The third-order valence-electron chi connectivity index (χ3n) is 8.65. The summed E-state index contributed by atoms with van der Waals surface area (Å²) in [5.41, 5.74) is 6.10. The largest absolute Gasteiger partial charge is 0.448 e. The van der Waals surface area contributed by atoms with Gasteiger partial charge in [0, 0.05) is 36.3 Å². The van der Waals surface area contributed by atoms with Crippen molar-refractivity contribution in [1.82, 2.24) is 19.5 Å². The van der Waals surface area contributed by atoms with Crippen molar-refractivity contribution in [1.29, 1.82) is 5.26 Å². The van der Waals surface area contributed by atoms with Crippen molar-refractivity contribution < 1.29 is 14.3 Å². The number of ether oxygens (including phenoxy) is 1. The molecular weight excluding hydrogens is 490 g/mol. The van der Waals surface area contributed by atoms with Crippen molar-refractivity contribution in [3.8, 4) is 17.2 Å². The summed E-state index contributed by atoms with van der Waals surface area (Å²) < 4.78 is 7.50. The summed E-state index contributed by atoms with van der Waals surface area (Å²) in [4.78, 5) is 33.2. The smallest absolute Gasteiger partial charge is 0.410 e. The Labute approximate surface area is 225 Å². The number of amides is 1. The van der Waals surface area contributed by atoms with E-state index in [-0.39, 0.29) is 35.8 Å². The molecule has 3 aliphatic rings. The normalized spacial score (nSPS) is 21.7. The van der Waals surface area contributed by atoms with E-state index in [1.165, 1.54) is 39.2 Å². The number of carbonyl (C=O) groups is 2. The van der Waals surface area contributed by atoms with Gasteiger partial charge in [0.25, 0.3) is 0 Å². The topological polar surface area (TPSA) is 101 Å². The summed E-state index contributed by atoms with van der Waals surface area (Å²) in [6, 6.07) is 18.7. The fourth-order valence-corrected chi connectivity index (χ4v) is 6.88. The van der Waals surface area contributed by atoms with Crippen molar-refractivity contribution in [2.45, 2.75) is 50.1 Å². The lowest BCUT2D eigenvalue weighted by atomic mass is 9.76. The van der Waals surface area contributed by atoms with E-state index in [1.807, 2.05) is 29.2 Å². The zero-order chi connectivity index (χ0) is 26.5. The molecule has 2 unspecified atom stereocenters. The number of Topliss-reactive ketones (excluding diaryl/α,β-unsaturated/α-hetero) is 1. The van der Waals surface area contributed by atoms with Gasteiger partial charge in [0.15, 0.2) is 11.4 Å². The van der Waals surface area contributed by atoms with Crippen LogP contribution in [-0.4, -0.2) is 50.1 Å². The van der Waals surface area contributed by atoms with E-state index in [0.29, 0.717) is 36.2 Å². The molecule has 8 nitrogen and oxygen atoms in total. The number of nitriles is 1. The number of ketones is 1. The van der Waals surface area contributed by atoms with Crippen LogP contribution in [-0.2, 0) is 4.74 Å². The Morgan fingerprint density at radius 1 is 0.974 bits per heavy atom. The van der Waals surface area contributed by atoms with Gasteiger partial charge in [-0.25, -0.2) is 14.3 Å². The highest BCUT2D eigenvalue weighted by atomic mass is 16.6. The van der Waals surface area contributed by atoms with Crippen LogP contribution in [0.1, 0.15) is 65.1 Å². The molecule has 2 bridgehead atoms. The Balaban J connectivity index is 1.06. The first-order chi connectivity index (χ1) is 19.1. The molecule has 0 spiro atoms. The van der Waals surface area contributed by atoms with E-state index in [2.05, 4.69) is 40.4 Å². The fourth-order valence-electron chi connectivity index (χ4n) is 6.88. The van der Waals surface area contributed by atoms with E-state index < -0.39 is 0 Å². The highest BCUT2D eigenvalue weighted by Gasteiger charge is 2.44. The summed E-state index contributed by atoms with van der Waals surface area (Å²) in [5, 5.41) is 13.4. The molecular formula is C31H27N5O3. The number of hydrogen-bond acceptors (Lipinski definition) is 6. The molecule has 2 saturated heterocycles. The number of rotatable bonds is 4. The molecule has 2 aliphatic heterocycles. The quantitative estimate of drug-likeness (QED) is 0.338. The van der Waals surface area contributed by atoms with Crippen LogP contribution in [0.25, 0.3) is 16.8 Å². The molecule has 4 heterocycles. The van der Waals surface area contributed by atoms with E-state index in [9.17, 15) is 14.9 Å². The number of nitrogens with zero attached hydrogens (tertiary/aromatic N) is 5. The van der Waals surface area contributed by atoms with Gasteiger partial charge >= 0.3 is 6.09 Å². The van der Waals surface area contributed by atoms with Gasteiger partial charge in [-0.15, -0.1) is 0 Å². The van der Waals surface area contributed by atoms with Gasteiger partial charge in [-0.2, -0.15) is 10.4 Å². The van der Waals surface area contributed by atoms with Crippen LogP contribution in [0.15, 0.2) is 67.1 Å². The summed E-state index contributed by atoms with van der Waals surface area (Å²) in [6.45, 7) is 0.297. The van der Waals surface area contributed by atoms with Crippen LogP contribution in [0.5, 0.6) is 0 Å². The zero-order valence-corrected chi connectivity index (χ0v) is 21.4. The first kappa shape index (κ1) is 23.6. The van der Waals surface area contributed by atoms with Gasteiger partial charge in [-0.1, -0.05) is 48.5 Å². The number of aromatic nitrogens is 3. The number of carbonyl (C=O) groups excluding carboxylic acids is 2. The molecule has 2 fully saturated rings. The molecule has 2 aromatic carbocycles. The third-order valence-corrected chi connectivity index (χ3v) is 8.65. The SMILES string of the molecule is N#Cc1cnn2cc(C(=O)C3CC4CCCC(C3)N4C(=O)OCC3c4ccccc4-c4ccccc43)cnc12. The molecule has 39 heavy (non-hydrogen) atoms. The van der Waals surface area contributed by atoms with Crippen LogP contribution >= 0.6 is 0 Å². The predicted molar refractivity (Wildman–Crippen MR) is 143 cm³/mol. The van der Waals surface area contributed by atoms with Crippen LogP contribution in [0.3, 0.4) is 0 Å². The Hall–Kier alpha value is -4.51. The molecule has 4 aromatic rings. The maximum Gasteiger partial charge on any atom is 0.410 e. The average molecular weight is 518 g/mol. The van der Waals surface area contributed by atoms with Gasteiger partial charge in [0.05, 0.1) is 11.8 Å². The Morgan fingerprint density at radius 3 is 2.31 bits per heavy atom. The molecule has 2 aromatic heterocycles. The lowest BCUT2D eigenvalue weighted by Crippen LogP contribution is -2.55. The average Bonchev–Trinajstić information content (AvgIpc) is 3.53. The predicted octanol–water partition coefficient (Wildman–Crippen LogP) is 5.37. The molecule has 7 rings (SSSR count). The summed E-state index contributed by atoms with van der Waals surface area (Å²) >= 11 is 0. The minimum Gasteiger partial charge on any atom is -0.448 e. The highest BCUT2D eigenvalue weighted by Crippen LogP contribution is 2.45. The second-order valence-corrected chi connectivity index (χ2v) is 10.8. The Morgan fingerprint density at radius 2 is 1.64 bits per heavy atom. The van der Waals surface area contributed by atoms with E-state index in [0.717, 1.165) is 19.3 Å². The summed E-state index contributed by atoms with van der Waals surface area (Å²) in [5.74, 6) is -0.155. The van der Waals surface area contributed by atoms with Gasteiger partial charge < -0.3 is 9.64 Å². The van der Waals surface area contributed by atoms with E-state index in [4.69, 9.17) is 4.74 Å². The van der Waals surface area contributed by atoms with Crippen molar-refractivity contribution in [3.05, 3.63) is 89.4 Å². The van der Waals surface area contributed by atoms with Crippen molar-refractivity contribution in [2.24, 2.45) is 5.92 Å². The number of fused-ring (bicyclic) bond motifs is 6. The summed E-state index contributed by atoms with van der Waals surface area (Å²) in [6.07, 6.45) is 8.36. The second kappa shape index (κ2) is 9.35. The molecule has 2 atom stereocenters. The summed E-state index contributed by atoms with van der Waals surface area (Å²) in [7, 11) is 0. The van der Waals surface area contributed by atoms with Gasteiger partial charge in [-0.3, -0.25) is 4.79 Å². The standard InChI is InChI=1S/C31H27N5O3/c32-14-20-16-34-35-17-21(15-33-30(20)35)29(37)19-12-22-6-5-7-23(13-19)36(22)31(38)39-18-28-26-10-3-1-8-24(26)25-9-2-4-11-27(25)28/h1-4,8-11,15-17,19,22-23,28H,5-7,12-13,18H2. The zero-order valence-electron chi connectivity index (χ0n) is 21.4. The highest BCUT2D eigenvalue weighted by molar-refractivity contribution is 5.97. The van der Waals surface area contributed by atoms with Crippen molar-refractivity contribution in [3.63, 3.8) is 0 Å². The van der Waals surface area contributed by atoms with E-state index in [1.54, 1.807) is 6.20 Å². The van der Waals surface area contributed by atoms with Crippen molar-refractivity contribution in [2.75, 3.05) is 6.61 Å². The number of benzene rings is 2. The second-order valence-electron chi connectivity index (χ2n) is 10.8. The Kier molecular flexibility index (Phi) is 5.66. The van der Waals surface area contributed by atoms with Crippen LogP contribution < -0.4 is 0 Å². The molecule has 1 amide bonds. The van der Waals surface area contributed by atoms with Crippen LogP contribution in [0.4, 0.5) is 4.79 Å². The third kappa shape index (κ3) is 3.88. The van der Waals surface area contributed by atoms with Gasteiger partial charge in [0.1, 0.15) is 18.2 Å². The monoisotopic (exact) mass is 517 g/mol. The minimum atomic E-state index is -0.277. The molecule has 0 radical (unpaired) electrons. The minimum absolute atomic E-state index is 0.0162.